The van der Waals surface area contributed by atoms with Gasteiger partial charge in [-0.05, 0) is 35.9 Å². The lowest BCUT2D eigenvalue weighted by Gasteiger charge is -2.19. The largest absolute Gasteiger partial charge is 0.495 e. The first-order valence-corrected chi connectivity index (χ1v) is 8.62. The predicted octanol–water partition coefficient (Wildman–Crippen LogP) is 3.42. The molecule has 2 rings (SSSR count). The summed E-state index contributed by atoms with van der Waals surface area (Å²) >= 11 is 3.26. The number of hydrogen-bond donors (Lipinski definition) is 0. The molecular formula is C15H15BrFNO3S. The molecule has 4 nitrogen and oxygen atoms in total. The van der Waals surface area contributed by atoms with Crippen LogP contribution in [0.1, 0.15) is 5.56 Å². The van der Waals surface area contributed by atoms with Crippen molar-refractivity contribution in [3.63, 3.8) is 0 Å². The Morgan fingerprint density at radius 3 is 2.41 bits per heavy atom. The Balaban J connectivity index is 2.33. The van der Waals surface area contributed by atoms with E-state index in [2.05, 4.69) is 15.9 Å². The van der Waals surface area contributed by atoms with Crippen molar-refractivity contribution in [2.45, 2.75) is 11.4 Å². The van der Waals surface area contributed by atoms with E-state index < -0.39 is 10.0 Å². The van der Waals surface area contributed by atoms with Gasteiger partial charge in [-0.25, -0.2) is 12.8 Å². The van der Waals surface area contributed by atoms with E-state index in [1.54, 1.807) is 24.3 Å². The van der Waals surface area contributed by atoms with Gasteiger partial charge in [0, 0.05) is 18.1 Å². The second-order valence-electron chi connectivity index (χ2n) is 4.68. The molecule has 2 aromatic rings. The lowest BCUT2D eigenvalue weighted by Crippen LogP contribution is -2.27. The van der Waals surface area contributed by atoms with Crippen molar-refractivity contribution in [1.82, 2.24) is 4.31 Å². The van der Waals surface area contributed by atoms with Crippen LogP contribution in [0.25, 0.3) is 0 Å². The lowest BCUT2D eigenvalue weighted by atomic mass is 10.2. The van der Waals surface area contributed by atoms with Gasteiger partial charge in [0.25, 0.3) is 0 Å². The standard InChI is InChI=1S/C15H15BrFNO3S/c1-18(10-11-3-6-13(17)7-4-11)22(19,20)15-9-12(16)5-8-14(15)21-2/h3-9H,10H2,1-2H3. The smallest absolute Gasteiger partial charge is 0.246 e. The molecule has 0 aromatic heterocycles. The van der Waals surface area contributed by atoms with E-state index in [0.29, 0.717) is 10.0 Å². The molecule has 0 aliphatic carbocycles. The Hall–Kier alpha value is -1.44. The van der Waals surface area contributed by atoms with Crippen molar-refractivity contribution in [2.24, 2.45) is 0 Å². The SMILES string of the molecule is COc1ccc(Br)cc1S(=O)(=O)N(C)Cc1ccc(F)cc1. The van der Waals surface area contributed by atoms with Crippen molar-refractivity contribution < 1.29 is 17.5 Å². The zero-order valence-corrected chi connectivity index (χ0v) is 14.5. The minimum Gasteiger partial charge on any atom is -0.495 e. The van der Waals surface area contributed by atoms with Gasteiger partial charge in [-0.1, -0.05) is 28.1 Å². The van der Waals surface area contributed by atoms with Crippen LogP contribution in [0.15, 0.2) is 51.8 Å². The van der Waals surface area contributed by atoms with Gasteiger partial charge in [0.1, 0.15) is 16.5 Å². The highest BCUT2D eigenvalue weighted by molar-refractivity contribution is 9.10. The van der Waals surface area contributed by atoms with Gasteiger partial charge in [-0.2, -0.15) is 4.31 Å². The van der Waals surface area contributed by atoms with Gasteiger partial charge >= 0.3 is 0 Å². The summed E-state index contributed by atoms with van der Waals surface area (Å²) < 4.78 is 45.3. The van der Waals surface area contributed by atoms with Gasteiger partial charge in [0.05, 0.1) is 7.11 Å². The Morgan fingerprint density at radius 2 is 1.82 bits per heavy atom. The molecule has 0 amide bonds. The van der Waals surface area contributed by atoms with Crippen molar-refractivity contribution >= 4 is 26.0 Å². The third kappa shape index (κ3) is 3.66. The fourth-order valence-corrected chi connectivity index (χ4v) is 3.80. The molecule has 0 atom stereocenters. The molecular weight excluding hydrogens is 373 g/mol. The van der Waals surface area contributed by atoms with Gasteiger partial charge in [-0.15, -0.1) is 0 Å². The van der Waals surface area contributed by atoms with Crippen LogP contribution in [0.2, 0.25) is 0 Å². The molecule has 0 bridgehead atoms. The van der Waals surface area contributed by atoms with Crippen LogP contribution in [0.5, 0.6) is 5.75 Å². The summed E-state index contributed by atoms with van der Waals surface area (Å²) in [6.45, 7) is 0.137. The fraction of sp³-hybridized carbons (Fsp3) is 0.200. The van der Waals surface area contributed by atoms with Crippen molar-refractivity contribution in [1.29, 1.82) is 0 Å². The summed E-state index contributed by atoms with van der Waals surface area (Å²) in [4.78, 5) is 0.0778. The average Bonchev–Trinajstić information content (AvgIpc) is 2.49. The van der Waals surface area contributed by atoms with Crippen molar-refractivity contribution in [3.8, 4) is 5.75 Å². The zero-order valence-electron chi connectivity index (χ0n) is 12.1. The maximum Gasteiger partial charge on any atom is 0.246 e. The Morgan fingerprint density at radius 1 is 1.18 bits per heavy atom. The molecule has 0 fully saturated rings. The molecule has 0 saturated carbocycles. The summed E-state index contributed by atoms with van der Waals surface area (Å²) in [7, 11) is -0.838. The average molecular weight is 388 g/mol. The van der Waals surface area contributed by atoms with E-state index in [1.807, 2.05) is 0 Å². The molecule has 0 aliphatic heterocycles. The summed E-state index contributed by atoms with van der Waals surface area (Å²) in [5.41, 5.74) is 0.696. The third-order valence-electron chi connectivity index (χ3n) is 3.13. The van der Waals surface area contributed by atoms with E-state index in [4.69, 9.17) is 4.74 Å². The molecule has 7 heteroatoms. The first kappa shape index (κ1) is 16.9. The summed E-state index contributed by atoms with van der Waals surface area (Å²) in [6.07, 6.45) is 0. The maximum absolute atomic E-state index is 12.9. The summed E-state index contributed by atoms with van der Waals surface area (Å²) in [6, 6.07) is 10.5. The zero-order chi connectivity index (χ0) is 16.3. The number of nitrogens with zero attached hydrogens (tertiary/aromatic N) is 1. The van der Waals surface area contributed by atoms with Crippen LogP contribution >= 0.6 is 15.9 Å². The van der Waals surface area contributed by atoms with Crippen molar-refractivity contribution in [2.75, 3.05) is 14.2 Å². The van der Waals surface area contributed by atoms with Gasteiger partial charge in [0.2, 0.25) is 10.0 Å². The van der Waals surface area contributed by atoms with E-state index in [0.717, 1.165) is 0 Å². The van der Waals surface area contributed by atoms with Crippen LogP contribution in [0.4, 0.5) is 4.39 Å². The molecule has 22 heavy (non-hydrogen) atoms. The molecule has 0 heterocycles. The fourth-order valence-electron chi connectivity index (χ4n) is 1.95. The number of hydrogen-bond acceptors (Lipinski definition) is 3. The topological polar surface area (TPSA) is 46.6 Å². The van der Waals surface area contributed by atoms with Gasteiger partial charge in [0.15, 0.2) is 0 Å². The molecule has 2 aromatic carbocycles. The van der Waals surface area contributed by atoms with Crippen molar-refractivity contribution in [3.05, 3.63) is 58.3 Å². The highest BCUT2D eigenvalue weighted by atomic mass is 79.9. The van der Waals surface area contributed by atoms with E-state index >= 15 is 0 Å². The van der Waals surface area contributed by atoms with E-state index in [1.165, 1.54) is 36.7 Å². The van der Waals surface area contributed by atoms with Gasteiger partial charge in [-0.3, -0.25) is 0 Å². The summed E-state index contributed by atoms with van der Waals surface area (Å²) in [5.74, 6) is -0.0860. The normalized spacial score (nSPS) is 11.7. The monoisotopic (exact) mass is 387 g/mol. The highest BCUT2D eigenvalue weighted by Crippen LogP contribution is 2.29. The Labute approximate surface area is 137 Å². The minimum absolute atomic E-state index is 0.0778. The third-order valence-corrected chi connectivity index (χ3v) is 5.45. The molecule has 118 valence electrons. The van der Waals surface area contributed by atoms with Crippen LogP contribution in [0, 0.1) is 5.82 Å². The number of halogens is 2. The lowest BCUT2D eigenvalue weighted by molar-refractivity contribution is 0.397. The van der Waals surface area contributed by atoms with E-state index in [9.17, 15) is 12.8 Å². The number of rotatable bonds is 5. The Kier molecular flexibility index (Phi) is 5.20. The number of benzene rings is 2. The molecule has 0 radical (unpaired) electrons. The first-order chi connectivity index (χ1) is 10.3. The van der Waals surface area contributed by atoms with Crippen LogP contribution < -0.4 is 4.74 Å². The van der Waals surface area contributed by atoms with E-state index in [-0.39, 0.29) is 23.0 Å². The quantitative estimate of drug-likeness (QED) is 0.789. The Bertz CT molecular complexity index is 763. The van der Waals surface area contributed by atoms with Crippen LogP contribution in [0.3, 0.4) is 0 Å². The summed E-state index contributed by atoms with van der Waals surface area (Å²) in [5, 5.41) is 0. The second-order valence-corrected chi connectivity index (χ2v) is 7.61. The minimum atomic E-state index is -3.73. The maximum atomic E-state index is 12.9. The number of sulfonamides is 1. The van der Waals surface area contributed by atoms with Crippen LogP contribution in [-0.4, -0.2) is 26.9 Å². The molecule has 0 N–H and O–H groups in total. The highest BCUT2D eigenvalue weighted by Gasteiger charge is 2.25. The first-order valence-electron chi connectivity index (χ1n) is 6.39. The molecule has 0 unspecified atom stereocenters. The predicted molar refractivity (Wildman–Crippen MR) is 85.7 cm³/mol. The molecule has 0 spiro atoms. The van der Waals surface area contributed by atoms with Gasteiger partial charge < -0.3 is 4.74 Å². The molecule has 0 aliphatic rings. The molecule has 0 saturated heterocycles. The number of ether oxygens (including phenoxy) is 1. The number of methoxy groups -OCH3 is 1. The van der Waals surface area contributed by atoms with Crippen LogP contribution in [-0.2, 0) is 16.6 Å². The second kappa shape index (κ2) is 6.76.